The number of carbonyl (C=O) groups excluding carboxylic acids is 1. The van der Waals surface area contributed by atoms with Crippen LogP contribution in [0.1, 0.15) is 47.9 Å². The predicted molar refractivity (Wildman–Crippen MR) is 85.8 cm³/mol. The second kappa shape index (κ2) is 7.36. The Morgan fingerprint density at radius 2 is 2.00 bits per heavy atom. The number of nitrogens with one attached hydrogen (secondary N) is 1. The first-order chi connectivity index (χ1) is 11.0. The molecule has 0 spiro atoms. The van der Waals surface area contributed by atoms with Gasteiger partial charge in [0.25, 0.3) is 11.5 Å². The number of aromatic nitrogens is 2. The second-order valence-corrected chi connectivity index (χ2v) is 5.21. The number of hydrogen-bond donors (Lipinski definition) is 1. The monoisotopic (exact) mass is 310 g/mol. The molecule has 118 valence electrons. The molecule has 6 heteroatoms. The normalized spacial score (nSPS) is 11.5. The summed E-state index contributed by atoms with van der Waals surface area (Å²) >= 11 is 0. The van der Waals surface area contributed by atoms with Gasteiger partial charge in [-0.2, -0.15) is 10.4 Å². The molecule has 0 aliphatic heterocycles. The molecule has 1 N–H and O–H groups in total. The van der Waals surface area contributed by atoms with E-state index in [4.69, 9.17) is 5.26 Å². The first kappa shape index (κ1) is 16.4. The highest BCUT2D eigenvalue weighted by molar-refractivity contribution is 5.92. The minimum Gasteiger partial charge on any atom is -0.344 e. The molecule has 1 unspecified atom stereocenters. The molecule has 1 heterocycles. The van der Waals surface area contributed by atoms with E-state index in [1.807, 2.05) is 13.8 Å². The van der Waals surface area contributed by atoms with Crippen molar-refractivity contribution in [2.45, 2.75) is 32.9 Å². The molecule has 2 aromatic rings. The van der Waals surface area contributed by atoms with Crippen LogP contribution >= 0.6 is 0 Å². The number of aryl methyl sites for hydroxylation is 1. The van der Waals surface area contributed by atoms with E-state index < -0.39 is 0 Å². The molecule has 1 atom stereocenters. The van der Waals surface area contributed by atoms with Crippen molar-refractivity contribution in [3.8, 4) is 6.07 Å². The van der Waals surface area contributed by atoms with E-state index in [0.717, 1.165) is 12.0 Å². The topological polar surface area (TPSA) is 87.8 Å². The van der Waals surface area contributed by atoms with E-state index in [0.29, 0.717) is 12.1 Å². The van der Waals surface area contributed by atoms with Gasteiger partial charge in [0.15, 0.2) is 0 Å². The van der Waals surface area contributed by atoms with Gasteiger partial charge in [-0.3, -0.25) is 9.59 Å². The minimum absolute atomic E-state index is 0.207. The molecular formula is C17H18N4O2. The number of rotatable bonds is 5. The quantitative estimate of drug-likeness (QED) is 0.915. The Balaban J connectivity index is 2.13. The number of nitrogens with zero attached hydrogens (tertiary/aromatic N) is 3. The van der Waals surface area contributed by atoms with Crippen LogP contribution in [0.5, 0.6) is 0 Å². The van der Waals surface area contributed by atoms with Crippen molar-refractivity contribution in [1.82, 2.24) is 15.1 Å². The van der Waals surface area contributed by atoms with Crippen molar-refractivity contribution in [2.24, 2.45) is 0 Å². The highest BCUT2D eigenvalue weighted by atomic mass is 16.2. The molecule has 0 saturated heterocycles. The molecule has 23 heavy (non-hydrogen) atoms. The summed E-state index contributed by atoms with van der Waals surface area (Å²) in [5.41, 5.74) is 1.45. The van der Waals surface area contributed by atoms with E-state index in [1.165, 1.54) is 16.8 Å². The highest BCUT2D eigenvalue weighted by Gasteiger charge is 2.14. The van der Waals surface area contributed by atoms with Crippen molar-refractivity contribution in [3.63, 3.8) is 0 Å². The zero-order valence-corrected chi connectivity index (χ0v) is 13.1. The van der Waals surface area contributed by atoms with Crippen molar-refractivity contribution in [1.29, 1.82) is 5.26 Å². The fraction of sp³-hybridized carbons (Fsp3) is 0.294. The molecule has 0 bridgehead atoms. The maximum Gasteiger partial charge on any atom is 0.272 e. The van der Waals surface area contributed by atoms with E-state index in [2.05, 4.69) is 16.5 Å². The van der Waals surface area contributed by atoms with E-state index in [9.17, 15) is 9.59 Å². The number of carbonyl (C=O) groups is 1. The van der Waals surface area contributed by atoms with Crippen LogP contribution in [0.4, 0.5) is 0 Å². The van der Waals surface area contributed by atoms with Crippen molar-refractivity contribution < 1.29 is 4.79 Å². The van der Waals surface area contributed by atoms with E-state index >= 15 is 0 Å². The summed E-state index contributed by atoms with van der Waals surface area (Å²) in [6.07, 6.45) is 0.764. The lowest BCUT2D eigenvalue weighted by molar-refractivity contribution is 0.0932. The average Bonchev–Trinajstić information content (AvgIpc) is 2.57. The van der Waals surface area contributed by atoms with E-state index in [-0.39, 0.29) is 23.2 Å². The molecule has 0 aliphatic carbocycles. The van der Waals surface area contributed by atoms with Gasteiger partial charge in [0.05, 0.1) is 17.7 Å². The van der Waals surface area contributed by atoms with Crippen molar-refractivity contribution in [2.75, 3.05) is 0 Å². The standard InChI is InChI=1S/C17H18N4O2/c1-3-10-21-16(22)9-8-15(20-21)17(23)19-12(2)14-6-4-13(11-18)5-7-14/h4-9,12H,3,10H2,1-2H3,(H,19,23). The largest absolute Gasteiger partial charge is 0.344 e. The first-order valence-electron chi connectivity index (χ1n) is 7.44. The zero-order chi connectivity index (χ0) is 16.8. The Hall–Kier alpha value is -2.94. The Morgan fingerprint density at radius 1 is 1.30 bits per heavy atom. The lowest BCUT2D eigenvalue weighted by Crippen LogP contribution is -2.31. The van der Waals surface area contributed by atoms with Crippen LogP contribution in [0.25, 0.3) is 0 Å². The molecule has 0 fully saturated rings. The van der Waals surface area contributed by atoms with Gasteiger partial charge in [-0.25, -0.2) is 4.68 Å². The smallest absolute Gasteiger partial charge is 0.272 e. The summed E-state index contributed by atoms with van der Waals surface area (Å²) < 4.78 is 1.29. The van der Waals surface area contributed by atoms with Gasteiger partial charge in [-0.05, 0) is 37.1 Å². The second-order valence-electron chi connectivity index (χ2n) is 5.21. The molecule has 2 rings (SSSR count). The van der Waals surface area contributed by atoms with Gasteiger partial charge >= 0.3 is 0 Å². The zero-order valence-electron chi connectivity index (χ0n) is 13.1. The summed E-state index contributed by atoms with van der Waals surface area (Å²) in [6, 6.07) is 11.6. The Morgan fingerprint density at radius 3 is 2.61 bits per heavy atom. The summed E-state index contributed by atoms with van der Waals surface area (Å²) in [6.45, 7) is 4.26. The van der Waals surface area contributed by atoms with Crippen LogP contribution in [-0.4, -0.2) is 15.7 Å². The van der Waals surface area contributed by atoms with Gasteiger partial charge in [-0.1, -0.05) is 19.1 Å². The van der Waals surface area contributed by atoms with Crippen LogP contribution in [0, 0.1) is 11.3 Å². The van der Waals surface area contributed by atoms with Gasteiger partial charge in [0, 0.05) is 12.6 Å². The number of benzene rings is 1. The number of amides is 1. The van der Waals surface area contributed by atoms with Gasteiger partial charge < -0.3 is 5.32 Å². The van der Waals surface area contributed by atoms with Crippen LogP contribution in [0.2, 0.25) is 0 Å². The minimum atomic E-state index is -0.341. The van der Waals surface area contributed by atoms with Crippen LogP contribution in [0.15, 0.2) is 41.2 Å². The molecule has 1 aromatic carbocycles. The average molecular weight is 310 g/mol. The van der Waals surface area contributed by atoms with E-state index in [1.54, 1.807) is 24.3 Å². The lowest BCUT2D eigenvalue weighted by Gasteiger charge is -2.14. The molecule has 0 saturated carbocycles. The maximum absolute atomic E-state index is 12.3. The summed E-state index contributed by atoms with van der Waals surface area (Å²) in [7, 11) is 0. The highest BCUT2D eigenvalue weighted by Crippen LogP contribution is 2.13. The third-order valence-electron chi connectivity index (χ3n) is 3.42. The Labute approximate surface area is 134 Å². The lowest BCUT2D eigenvalue weighted by atomic mass is 10.1. The number of nitriles is 1. The van der Waals surface area contributed by atoms with Crippen molar-refractivity contribution >= 4 is 5.91 Å². The molecule has 1 amide bonds. The Kier molecular flexibility index (Phi) is 5.26. The molecular weight excluding hydrogens is 292 g/mol. The van der Waals surface area contributed by atoms with Gasteiger partial charge in [0.2, 0.25) is 0 Å². The molecule has 6 nitrogen and oxygen atoms in total. The van der Waals surface area contributed by atoms with Crippen LogP contribution in [0.3, 0.4) is 0 Å². The molecule has 0 radical (unpaired) electrons. The summed E-state index contributed by atoms with van der Waals surface area (Å²) in [5, 5.41) is 15.7. The number of hydrogen-bond acceptors (Lipinski definition) is 4. The molecule has 0 aliphatic rings. The van der Waals surface area contributed by atoms with Crippen LogP contribution < -0.4 is 10.9 Å². The SMILES string of the molecule is CCCn1nc(C(=O)NC(C)c2ccc(C#N)cc2)ccc1=O. The fourth-order valence-corrected chi connectivity index (χ4v) is 2.14. The third kappa shape index (κ3) is 4.04. The van der Waals surface area contributed by atoms with Crippen LogP contribution in [-0.2, 0) is 6.54 Å². The summed E-state index contributed by atoms with van der Waals surface area (Å²) in [5.74, 6) is -0.341. The Bertz CT molecular complexity index is 787. The predicted octanol–water partition coefficient (Wildman–Crippen LogP) is 2.02. The molecule has 1 aromatic heterocycles. The fourth-order valence-electron chi connectivity index (χ4n) is 2.14. The first-order valence-corrected chi connectivity index (χ1v) is 7.44. The van der Waals surface area contributed by atoms with Gasteiger partial charge in [0.1, 0.15) is 5.69 Å². The van der Waals surface area contributed by atoms with Gasteiger partial charge in [-0.15, -0.1) is 0 Å². The summed E-state index contributed by atoms with van der Waals surface area (Å²) in [4.78, 5) is 23.9. The third-order valence-corrected chi connectivity index (χ3v) is 3.42. The van der Waals surface area contributed by atoms with Crippen molar-refractivity contribution in [3.05, 3.63) is 63.6 Å². The maximum atomic E-state index is 12.3.